The lowest BCUT2D eigenvalue weighted by Gasteiger charge is -2.09. The van der Waals surface area contributed by atoms with Crippen LogP contribution in [0.25, 0.3) is 0 Å². The molecular weight excluding hydrogens is 316 g/mol. The fourth-order valence-electron chi connectivity index (χ4n) is 1.63. The van der Waals surface area contributed by atoms with Crippen molar-refractivity contribution in [3.05, 3.63) is 44.3 Å². The zero-order valence-electron chi connectivity index (χ0n) is 9.63. The minimum Gasteiger partial charge on any atom is -0.481 e. The van der Waals surface area contributed by atoms with Crippen LogP contribution in [0.4, 0.5) is 0 Å². The lowest BCUT2D eigenvalue weighted by atomic mass is 10.0. The molecule has 1 aromatic carbocycles. The Morgan fingerprint density at radius 3 is 2.83 bits per heavy atom. The van der Waals surface area contributed by atoms with Gasteiger partial charge in [0.15, 0.2) is 0 Å². The molecule has 94 valence electrons. The number of halogens is 1. The highest BCUT2D eigenvalue weighted by Gasteiger charge is 2.24. The molecular formula is C12H11BrN2O2S. The second-order valence-corrected chi connectivity index (χ2v) is 6.01. The van der Waals surface area contributed by atoms with Crippen molar-refractivity contribution in [2.45, 2.75) is 19.3 Å². The number of rotatable bonds is 4. The Morgan fingerprint density at radius 1 is 1.50 bits per heavy atom. The number of carboxylic acid groups (broad SMARTS) is 1. The second-order valence-electron chi connectivity index (χ2n) is 3.88. The zero-order valence-corrected chi connectivity index (χ0v) is 12.0. The molecule has 0 aliphatic heterocycles. The Hall–Kier alpha value is -1.27. The van der Waals surface area contributed by atoms with Gasteiger partial charge in [-0.1, -0.05) is 28.1 Å². The lowest BCUT2D eigenvalue weighted by Crippen LogP contribution is -2.14. The van der Waals surface area contributed by atoms with E-state index in [1.54, 1.807) is 0 Å². The summed E-state index contributed by atoms with van der Waals surface area (Å²) in [6.07, 6.45) is 0.420. The zero-order chi connectivity index (χ0) is 13.1. The number of aryl methyl sites for hydroxylation is 1. The summed E-state index contributed by atoms with van der Waals surface area (Å²) in [5, 5.41) is 18.4. The molecule has 18 heavy (non-hydrogen) atoms. The fourth-order valence-corrected chi connectivity index (χ4v) is 2.87. The average molecular weight is 327 g/mol. The Morgan fingerprint density at radius 2 is 2.28 bits per heavy atom. The molecule has 1 N–H and O–H groups in total. The van der Waals surface area contributed by atoms with Crippen molar-refractivity contribution in [3.63, 3.8) is 0 Å². The second kappa shape index (κ2) is 5.58. The van der Waals surface area contributed by atoms with E-state index >= 15 is 0 Å². The van der Waals surface area contributed by atoms with Crippen molar-refractivity contribution >= 4 is 33.2 Å². The van der Waals surface area contributed by atoms with Crippen molar-refractivity contribution in [2.75, 3.05) is 0 Å². The van der Waals surface area contributed by atoms with Gasteiger partial charge in [0, 0.05) is 4.47 Å². The average Bonchev–Trinajstić information content (AvgIpc) is 2.72. The number of carboxylic acids is 1. The highest BCUT2D eigenvalue weighted by molar-refractivity contribution is 9.10. The van der Waals surface area contributed by atoms with Crippen LogP contribution < -0.4 is 0 Å². The molecule has 0 spiro atoms. The molecule has 0 saturated heterocycles. The molecule has 2 aromatic rings. The molecule has 0 aliphatic rings. The van der Waals surface area contributed by atoms with Gasteiger partial charge in [-0.15, -0.1) is 21.5 Å². The largest absolute Gasteiger partial charge is 0.481 e. The van der Waals surface area contributed by atoms with E-state index in [1.807, 2.05) is 31.2 Å². The minimum absolute atomic E-state index is 0.420. The number of aromatic nitrogens is 2. The van der Waals surface area contributed by atoms with Crippen LogP contribution in [0, 0.1) is 6.92 Å². The first-order chi connectivity index (χ1) is 8.56. The molecule has 0 amide bonds. The minimum atomic E-state index is -0.869. The van der Waals surface area contributed by atoms with E-state index in [1.165, 1.54) is 11.3 Å². The summed E-state index contributed by atoms with van der Waals surface area (Å²) in [5.74, 6) is -1.50. The van der Waals surface area contributed by atoms with E-state index in [0.717, 1.165) is 15.0 Å². The summed E-state index contributed by atoms with van der Waals surface area (Å²) in [6.45, 7) is 1.82. The predicted molar refractivity (Wildman–Crippen MR) is 72.9 cm³/mol. The van der Waals surface area contributed by atoms with Gasteiger partial charge in [-0.25, -0.2) is 0 Å². The van der Waals surface area contributed by atoms with Crippen molar-refractivity contribution in [1.29, 1.82) is 0 Å². The maximum atomic E-state index is 11.3. The number of hydrogen-bond acceptors (Lipinski definition) is 4. The summed E-state index contributed by atoms with van der Waals surface area (Å²) in [4.78, 5) is 11.3. The molecule has 1 heterocycles. The van der Waals surface area contributed by atoms with Gasteiger partial charge in [0.05, 0.1) is 0 Å². The van der Waals surface area contributed by atoms with E-state index in [-0.39, 0.29) is 0 Å². The Bertz CT molecular complexity index is 571. The van der Waals surface area contributed by atoms with Crippen LogP contribution in [0.15, 0.2) is 28.7 Å². The van der Waals surface area contributed by atoms with Gasteiger partial charge in [0.2, 0.25) is 0 Å². The van der Waals surface area contributed by atoms with Crippen LogP contribution in [0.5, 0.6) is 0 Å². The molecule has 0 aliphatic carbocycles. The van der Waals surface area contributed by atoms with Gasteiger partial charge >= 0.3 is 5.97 Å². The monoisotopic (exact) mass is 326 g/mol. The SMILES string of the molecule is Cc1nnc(C(Cc2cccc(Br)c2)C(=O)O)s1. The summed E-state index contributed by atoms with van der Waals surface area (Å²) in [5.41, 5.74) is 0.963. The highest BCUT2D eigenvalue weighted by Crippen LogP contribution is 2.25. The quantitative estimate of drug-likeness (QED) is 0.938. The molecule has 6 heteroatoms. The molecule has 0 radical (unpaired) electrons. The lowest BCUT2D eigenvalue weighted by molar-refractivity contribution is -0.138. The van der Waals surface area contributed by atoms with E-state index < -0.39 is 11.9 Å². The van der Waals surface area contributed by atoms with Crippen LogP contribution in [-0.2, 0) is 11.2 Å². The van der Waals surface area contributed by atoms with Crippen molar-refractivity contribution in [1.82, 2.24) is 10.2 Å². The molecule has 1 atom stereocenters. The molecule has 4 nitrogen and oxygen atoms in total. The number of benzene rings is 1. The summed E-state index contributed by atoms with van der Waals surface area (Å²) in [7, 11) is 0. The summed E-state index contributed by atoms with van der Waals surface area (Å²) >= 11 is 4.71. The van der Waals surface area contributed by atoms with Gasteiger partial charge in [-0.05, 0) is 31.0 Å². The molecule has 1 aromatic heterocycles. The molecule has 0 saturated carbocycles. The number of nitrogens with zero attached hydrogens (tertiary/aromatic N) is 2. The van der Waals surface area contributed by atoms with Crippen molar-refractivity contribution in [2.24, 2.45) is 0 Å². The van der Waals surface area contributed by atoms with Crippen LogP contribution >= 0.6 is 27.3 Å². The van der Waals surface area contributed by atoms with Gasteiger partial charge in [0.25, 0.3) is 0 Å². The normalized spacial score (nSPS) is 12.3. The third kappa shape index (κ3) is 3.14. The first-order valence-corrected chi connectivity index (χ1v) is 6.94. The van der Waals surface area contributed by atoms with Crippen LogP contribution in [0.3, 0.4) is 0 Å². The Balaban J connectivity index is 2.24. The molecule has 0 fully saturated rings. The molecule has 0 bridgehead atoms. The third-order valence-electron chi connectivity index (χ3n) is 2.47. The number of hydrogen-bond donors (Lipinski definition) is 1. The summed E-state index contributed by atoms with van der Waals surface area (Å²) in [6, 6.07) is 7.64. The number of aliphatic carboxylic acids is 1. The van der Waals surface area contributed by atoms with E-state index in [0.29, 0.717) is 11.4 Å². The fraction of sp³-hybridized carbons (Fsp3) is 0.250. The summed E-state index contributed by atoms with van der Waals surface area (Å²) < 4.78 is 0.942. The van der Waals surface area contributed by atoms with Crippen LogP contribution in [-0.4, -0.2) is 21.3 Å². The molecule has 1 unspecified atom stereocenters. The predicted octanol–water partition coefficient (Wildman–Crippen LogP) is 3.02. The number of carbonyl (C=O) groups is 1. The first kappa shape index (κ1) is 13.2. The topological polar surface area (TPSA) is 63.1 Å². The van der Waals surface area contributed by atoms with E-state index in [9.17, 15) is 9.90 Å². The van der Waals surface area contributed by atoms with E-state index in [2.05, 4.69) is 26.1 Å². The van der Waals surface area contributed by atoms with Crippen LogP contribution in [0.1, 0.15) is 21.5 Å². The van der Waals surface area contributed by atoms with Gasteiger partial charge in [0.1, 0.15) is 15.9 Å². The Labute approximate surface area is 117 Å². The molecule has 2 rings (SSSR count). The standard InChI is InChI=1S/C12H11BrN2O2S/c1-7-14-15-11(18-7)10(12(16)17)6-8-3-2-4-9(13)5-8/h2-5,10H,6H2,1H3,(H,16,17). The van der Waals surface area contributed by atoms with Gasteiger partial charge in [-0.3, -0.25) is 4.79 Å². The smallest absolute Gasteiger partial charge is 0.313 e. The first-order valence-electron chi connectivity index (χ1n) is 5.33. The van der Waals surface area contributed by atoms with Crippen molar-refractivity contribution in [3.8, 4) is 0 Å². The third-order valence-corrected chi connectivity index (χ3v) is 3.91. The Kier molecular flexibility index (Phi) is 4.08. The van der Waals surface area contributed by atoms with Gasteiger partial charge < -0.3 is 5.11 Å². The maximum Gasteiger partial charge on any atom is 0.313 e. The van der Waals surface area contributed by atoms with Crippen molar-refractivity contribution < 1.29 is 9.90 Å². The van der Waals surface area contributed by atoms with E-state index in [4.69, 9.17) is 0 Å². The van der Waals surface area contributed by atoms with Crippen LogP contribution in [0.2, 0.25) is 0 Å². The maximum absolute atomic E-state index is 11.3. The highest BCUT2D eigenvalue weighted by atomic mass is 79.9. The van der Waals surface area contributed by atoms with Gasteiger partial charge in [-0.2, -0.15) is 0 Å².